The molecule has 0 spiro atoms. The minimum Gasteiger partial charge on any atom is -0.475 e. The molecule has 2 rings (SSSR count). The number of carbonyl (C=O) groups excluding carboxylic acids is 1. The van der Waals surface area contributed by atoms with Crippen LogP contribution in [0.5, 0.6) is 0 Å². The highest BCUT2D eigenvalue weighted by Crippen LogP contribution is 2.25. The Balaban J connectivity index is 0.000000445. The molecular formula is C19H27F3N2O3. The third kappa shape index (κ3) is 8.90. The van der Waals surface area contributed by atoms with Gasteiger partial charge < -0.3 is 15.7 Å². The largest absolute Gasteiger partial charge is 0.490 e. The van der Waals surface area contributed by atoms with Gasteiger partial charge in [0.05, 0.1) is 0 Å². The van der Waals surface area contributed by atoms with Crippen molar-refractivity contribution >= 4 is 17.6 Å². The summed E-state index contributed by atoms with van der Waals surface area (Å²) < 4.78 is 31.7. The zero-order valence-corrected chi connectivity index (χ0v) is 15.8. The fourth-order valence-electron chi connectivity index (χ4n) is 2.62. The third-order valence-corrected chi connectivity index (χ3v) is 4.19. The fraction of sp³-hybridized carbons (Fsp3) is 0.579. The van der Waals surface area contributed by atoms with E-state index in [1.165, 1.54) is 5.56 Å². The predicted molar refractivity (Wildman–Crippen MR) is 97.7 cm³/mol. The second-order valence-electron chi connectivity index (χ2n) is 7.58. The van der Waals surface area contributed by atoms with Gasteiger partial charge in [-0.1, -0.05) is 32.9 Å². The van der Waals surface area contributed by atoms with E-state index in [9.17, 15) is 18.0 Å². The van der Waals surface area contributed by atoms with Crippen molar-refractivity contribution in [1.29, 1.82) is 0 Å². The number of hydrogen-bond donors (Lipinski definition) is 3. The lowest BCUT2D eigenvalue weighted by molar-refractivity contribution is -0.192. The van der Waals surface area contributed by atoms with E-state index in [1.54, 1.807) is 0 Å². The van der Waals surface area contributed by atoms with Crippen LogP contribution in [0.25, 0.3) is 0 Å². The van der Waals surface area contributed by atoms with Gasteiger partial charge in [-0.05, 0) is 55.0 Å². The van der Waals surface area contributed by atoms with E-state index < -0.39 is 12.1 Å². The van der Waals surface area contributed by atoms with E-state index in [4.69, 9.17) is 9.90 Å². The Morgan fingerprint density at radius 2 is 1.74 bits per heavy atom. The molecule has 1 amide bonds. The SMILES string of the molecule is CC(C)(C)c1cccc(NC(=O)CC2CCNCC2)c1.O=C(O)C(F)(F)F. The highest BCUT2D eigenvalue weighted by molar-refractivity contribution is 5.90. The van der Waals surface area contributed by atoms with Crippen LogP contribution in [0.15, 0.2) is 24.3 Å². The van der Waals surface area contributed by atoms with Gasteiger partial charge in [0.15, 0.2) is 0 Å². The summed E-state index contributed by atoms with van der Waals surface area (Å²) in [5, 5.41) is 13.5. The van der Waals surface area contributed by atoms with Crippen molar-refractivity contribution in [2.24, 2.45) is 5.92 Å². The van der Waals surface area contributed by atoms with Crippen molar-refractivity contribution in [2.75, 3.05) is 18.4 Å². The zero-order chi connectivity index (χ0) is 20.7. The summed E-state index contributed by atoms with van der Waals surface area (Å²) in [6.07, 6.45) is -2.23. The van der Waals surface area contributed by atoms with Gasteiger partial charge in [-0.3, -0.25) is 4.79 Å². The first-order valence-corrected chi connectivity index (χ1v) is 8.81. The molecule has 0 unspecified atom stereocenters. The number of carboxylic acids is 1. The Labute approximate surface area is 157 Å². The minimum absolute atomic E-state index is 0.107. The molecule has 0 saturated carbocycles. The first-order valence-electron chi connectivity index (χ1n) is 8.81. The van der Waals surface area contributed by atoms with Crippen LogP contribution in [0.1, 0.15) is 45.6 Å². The number of nitrogens with one attached hydrogen (secondary N) is 2. The second-order valence-corrected chi connectivity index (χ2v) is 7.58. The van der Waals surface area contributed by atoms with Crippen LogP contribution >= 0.6 is 0 Å². The van der Waals surface area contributed by atoms with Crippen molar-refractivity contribution in [1.82, 2.24) is 5.32 Å². The molecule has 0 aliphatic carbocycles. The Morgan fingerprint density at radius 1 is 1.19 bits per heavy atom. The molecule has 1 aliphatic heterocycles. The number of halogens is 3. The van der Waals surface area contributed by atoms with E-state index >= 15 is 0 Å². The van der Waals surface area contributed by atoms with Gasteiger partial charge in [0.2, 0.25) is 5.91 Å². The quantitative estimate of drug-likeness (QED) is 0.733. The monoisotopic (exact) mass is 388 g/mol. The Hall–Kier alpha value is -2.09. The maximum atomic E-state index is 12.1. The topological polar surface area (TPSA) is 78.4 Å². The van der Waals surface area contributed by atoms with Crippen molar-refractivity contribution in [3.05, 3.63) is 29.8 Å². The Morgan fingerprint density at radius 3 is 2.22 bits per heavy atom. The number of carboxylic acid groups (broad SMARTS) is 1. The molecule has 8 heteroatoms. The number of anilines is 1. The average Bonchev–Trinajstić information content (AvgIpc) is 2.55. The molecule has 5 nitrogen and oxygen atoms in total. The highest BCUT2D eigenvalue weighted by Gasteiger charge is 2.38. The van der Waals surface area contributed by atoms with Gasteiger partial charge in [0.25, 0.3) is 0 Å². The van der Waals surface area contributed by atoms with E-state index in [2.05, 4.69) is 43.5 Å². The molecule has 1 aliphatic rings. The van der Waals surface area contributed by atoms with Crippen LogP contribution < -0.4 is 10.6 Å². The van der Waals surface area contributed by atoms with Gasteiger partial charge in [0.1, 0.15) is 0 Å². The minimum atomic E-state index is -5.08. The molecule has 1 heterocycles. The lowest BCUT2D eigenvalue weighted by Gasteiger charge is -2.22. The van der Waals surface area contributed by atoms with E-state index in [0.29, 0.717) is 12.3 Å². The molecule has 3 N–H and O–H groups in total. The standard InChI is InChI=1S/C17H26N2O.C2HF3O2/c1-17(2,3)14-5-4-6-15(12-14)19-16(20)11-13-7-9-18-10-8-13;3-2(4,5)1(6)7/h4-6,12-13,18H,7-11H2,1-3H3,(H,19,20);(H,6,7). The summed E-state index contributed by atoms with van der Waals surface area (Å²) in [7, 11) is 0. The maximum Gasteiger partial charge on any atom is 0.490 e. The first kappa shape index (κ1) is 23.0. The summed E-state index contributed by atoms with van der Waals surface area (Å²) in [5.41, 5.74) is 2.27. The number of hydrogen-bond acceptors (Lipinski definition) is 3. The summed E-state index contributed by atoms with van der Waals surface area (Å²) >= 11 is 0. The van der Waals surface area contributed by atoms with Gasteiger partial charge in [-0.2, -0.15) is 13.2 Å². The van der Waals surface area contributed by atoms with Gasteiger partial charge >= 0.3 is 12.1 Å². The Bertz CT molecular complexity index is 634. The molecule has 1 saturated heterocycles. The smallest absolute Gasteiger partial charge is 0.475 e. The molecular weight excluding hydrogens is 361 g/mol. The fourth-order valence-corrected chi connectivity index (χ4v) is 2.62. The maximum absolute atomic E-state index is 12.1. The van der Waals surface area contributed by atoms with Gasteiger partial charge in [0, 0.05) is 12.1 Å². The van der Waals surface area contributed by atoms with Gasteiger partial charge in [-0.25, -0.2) is 4.79 Å². The zero-order valence-electron chi connectivity index (χ0n) is 15.8. The van der Waals surface area contributed by atoms with Crippen LogP contribution in [-0.2, 0) is 15.0 Å². The average molecular weight is 388 g/mol. The van der Waals surface area contributed by atoms with Gasteiger partial charge in [-0.15, -0.1) is 0 Å². The molecule has 1 fully saturated rings. The molecule has 0 bridgehead atoms. The van der Waals surface area contributed by atoms with Crippen LogP contribution in [0.3, 0.4) is 0 Å². The molecule has 0 radical (unpaired) electrons. The molecule has 152 valence electrons. The molecule has 0 aromatic heterocycles. The number of aliphatic carboxylic acids is 1. The van der Waals surface area contributed by atoms with E-state index in [1.807, 2.05) is 12.1 Å². The number of alkyl halides is 3. The van der Waals surface area contributed by atoms with Crippen LogP contribution in [-0.4, -0.2) is 36.2 Å². The van der Waals surface area contributed by atoms with Crippen LogP contribution in [0, 0.1) is 5.92 Å². The van der Waals surface area contributed by atoms with Crippen LogP contribution in [0.4, 0.5) is 18.9 Å². The van der Waals surface area contributed by atoms with Crippen LogP contribution in [0.2, 0.25) is 0 Å². The number of amides is 1. The lowest BCUT2D eigenvalue weighted by atomic mass is 9.87. The van der Waals surface area contributed by atoms with E-state index in [0.717, 1.165) is 31.6 Å². The first-order chi connectivity index (χ1) is 12.4. The van der Waals surface area contributed by atoms with E-state index in [-0.39, 0.29) is 11.3 Å². The van der Waals surface area contributed by atoms with Crippen molar-refractivity contribution < 1.29 is 27.9 Å². The highest BCUT2D eigenvalue weighted by atomic mass is 19.4. The predicted octanol–water partition coefficient (Wildman–Crippen LogP) is 3.95. The molecule has 1 aromatic rings. The Kier molecular flexibility index (Phi) is 8.27. The summed E-state index contributed by atoms with van der Waals surface area (Å²) in [4.78, 5) is 21.0. The third-order valence-electron chi connectivity index (χ3n) is 4.19. The number of benzene rings is 1. The summed E-state index contributed by atoms with van der Waals surface area (Å²) in [5.74, 6) is -2.09. The number of rotatable bonds is 3. The summed E-state index contributed by atoms with van der Waals surface area (Å²) in [6.45, 7) is 8.63. The summed E-state index contributed by atoms with van der Waals surface area (Å²) in [6, 6.07) is 8.18. The van der Waals surface area contributed by atoms with Crippen molar-refractivity contribution in [2.45, 2.75) is 51.6 Å². The molecule has 27 heavy (non-hydrogen) atoms. The molecule has 1 aromatic carbocycles. The second kappa shape index (κ2) is 9.73. The van der Waals surface area contributed by atoms with Crippen molar-refractivity contribution in [3.63, 3.8) is 0 Å². The number of piperidine rings is 1. The lowest BCUT2D eigenvalue weighted by Crippen LogP contribution is -2.30. The number of carbonyl (C=O) groups is 2. The van der Waals surface area contributed by atoms with Crippen molar-refractivity contribution in [3.8, 4) is 0 Å². The normalized spacial score (nSPS) is 15.5. The molecule has 0 atom stereocenters.